The van der Waals surface area contributed by atoms with Crippen molar-refractivity contribution in [1.29, 1.82) is 0 Å². The topological polar surface area (TPSA) is 40.7 Å². The minimum Gasteiger partial charge on any atom is -0.346 e. The first-order valence-corrected chi connectivity index (χ1v) is 7.99. The van der Waals surface area contributed by atoms with Crippen molar-refractivity contribution < 1.29 is 0 Å². The van der Waals surface area contributed by atoms with Gasteiger partial charge in [-0.1, -0.05) is 27.7 Å². The Bertz CT molecular complexity index is 608. The highest BCUT2D eigenvalue weighted by Gasteiger charge is 2.38. The summed E-state index contributed by atoms with van der Waals surface area (Å²) in [6.45, 7) is 10.5. The van der Waals surface area contributed by atoms with Crippen LogP contribution in [0.4, 0.5) is 0 Å². The van der Waals surface area contributed by atoms with Crippen LogP contribution in [0.3, 0.4) is 0 Å². The average molecular weight is 285 g/mol. The molecule has 0 spiro atoms. The van der Waals surface area contributed by atoms with Gasteiger partial charge in [0.1, 0.15) is 5.65 Å². The Hall–Kier alpha value is -1.35. The normalized spacial score (nSPS) is 21.7. The quantitative estimate of drug-likeness (QED) is 0.884. The van der Waals surface area contributed by atoms with E-state index < -0.39 is 0 Å². The van der Waals surface area contributed by atoms with E-state index in [1.54, 1.807) is 0 Å². The first kappa shape index (κ1) is 14.6. The fourth-order valence-corrected chi connectivity index (χ4v) is 4.40. The van der Waals surface area contributed by atoms with Gasteiger partial charge in [0.15, 0.2) is 0 Å². The van der Waals surface area contributed by atoms with Gasteiger partial charge in [0.2, 0.25) is 0 Å². The number of aromatic nitrogens is 2. The van der Waals surface area contributed by atoms with Crippen LogP contribution in [0.2, 0.25) is 0 Å². The Morgan fingerprint density at radius 2 is 1.95 bits per heavy atom. The molecule has 0 atom stereocenters. The smallest absolute Gasteiger partial charge is 0.137 e. The van der Waals surface area contributed by atoms with Gasteiger partial charge in [0.05, 0.1) is 0 Å². The first-order chi connectivity index (χ1) is 9.85. The van der Waals surface area contributed by atoms with Crippen LogP contribution in [0.15, 0.2) is 24.5 Å². The lowest BCUT2D eigenvalue weighted by Gasteiger charge is -2.45. The highest BCUT2D eigenvalue weighted by molar-refractivity contribution is 5.79. The highest BCUT2D eigenvalue weighted by Crippen LogP contribution is 2.45. The van der Waals surface area contributed by atoms with Crippen molar-refractivity contribution in [1.82, 2.24) is 15.3 Å². The monoisotopic (exact) mass is 285 g/mol. The predicted molar refractivity (Wildman–Crippen MR) is 88.1 cm³/mol. The van der Waals surface area contributed by atoms with E-state index in [-0.39, 0.29) is 0 Å². The van der Waals surface area contributed by atoms with Gasteiger partial charge >= 0.3 is 0 Å². The SMILES string of the molecule is CC1(C)CC(NCc2c[nH]c3ncccc23)CC(C)(C)C1. The number of H-pyrrole nitrogens is 1. The van der Waals surface area contributed by atoms with Crippen LogP contribution in [0.1, 0.15) is 52.5 Å². The summed E-state index contributed by atoms with van der Waals surface area (Å²) in [4.78, 5) is 7.62. The predicted octanol–water partition coefficient (Wildman–Crippen LogP) is 4.26. The zero-order chi connectivity index (χ0) is 15.1. The lowest BCUT2D eigenvalue weighted by atomic mass is 9.63. The van der Waals surface area contributed by atoms with Crippen LogP contribution >= 0.6 is 0 Å². The molecular weight excluding hydrogens is 258 g/mol. The summed E-state index contributed by atoms with van der Waals surface area (Å²) in [6.07, 6.45) is 7.76. The fourth-order valence-electron chi connectivity index (χ4n) is 4.40. The maximum absolute atomic E-state index is 4.36. The van der Waals surface area contributed by atoms with Crippen LogP contribution in [-0.2, 0) is 6.54 Å². The van der Waals surface area contributed by atoms with E-state index in [0.717, 1.165) is 12.2 Å². The number of hydrogen-bond acceptors (Lipinski definition) is 2. The third-order valence-corrected chi connectivity index (χ3v) is 4.67. The second-order valence-electron chi connectivity index (χ2n) is 8.20. The number of nitrogens with zero attached hydrogens (tertiary/aromatic N) is 1. The van der Waals surface area contributed by atoms with Crippen LogP contribution in [-0.4, -0.2) is 16.0 Å². The molecule has 0 aliphatic heterocycles. The van der Waals surface area contributed by atoms with E-state index in [0.29, 0.717) is 16.9 Å². The molecule has 3 rings (SSSR count). The molecule has 2 heterocycles. The maximum Gasteiger partial charge on any atom is 0.137 e. The Labute approximate surface area is 127 Å². The number of pyridine rings is 1. The third kappa shape index (κ3) is 3.29. The van der Waals surface area contributed by atoms with Gasteiger partial charge in [-0.15, -0.1) is 0 Å². The zero-order valence-corrected chi connectivity index (χ0v) is 13.7. The third-order valence-electron chi connectivity index (χ3n) is 4.67. The van der Waals surface area contributed by atoms with E-state index in [4.69, 9.17) is 0 Å². The van der Waals surface area contributed by atoms with Crippen LogP contribution < -0.4 is 5.32 Å². The van der Waals surface area contributed by atoms with Crippen molar-refractivity contribution >= 4 is 11.0 Å². The van der Waals surface area contributed by atoms with Crippen molar-refractivity contribution in [3.63, 3.8) is 0 Å². The highest BCUT2D eigenvalue weighted by atomic mass is 14.9. The molecule has 1 aliphatic rings. The molecule has 2 aromatic heterocycles. The number of rotatable bonds is 3. The molecule has 1 aliphatic carbocycles. The molecule has 0 aromatic carbocycles. The molecular formula is C18H27N3. The molecule has 0 amide bonds. The maximum atomic E-state index is 4.36. The van der Waals surface area contributed by atoms with Gasteiger partial charge in [-0.05, 0) is 47.8 Å². The molecule has 2 N–H and O–H groups in total. The molecule has 114 valence electrons. The summed E-state index contributed by atoms with van der Waals surface area (Å²) in [7, 11) is 0. The molecule has 2 aromatic rings. The van der Waals surface area contributed by atoms with Gasteiger partial charge in [-0.25, -0.2) is 4.98 Å². The standard InChI is InChI=1S/C18H27N3/c1-17(2)8-14(9-18(3,4)12-17)20-10-13-11-21-16-15(13)6-5-7-19-16/h5-7,11,14,20H,8-10,12H2,1-4H3,(H,19,21). The second kappa shape index (κ2) is 5.13. The Morgan fingerprint density at radius 3 is 2.67 bits per heavy atom. The van der Waals surface area contributed by atoms with Crippen molar-refractivity contribution in [3.8, 4) is 0 Å². The van der Waals surface area contributed by atoms with Crippen molar-refractivity contribution in [3.05, 3.63) is 30.1 Å². The molecule has 1 saturated carbocycles. The van der Waals surface area contributed by atoms with Gasteiger partial charge in [-0.2, -0.15) is 0 Å². The van der Waals surface area contributed by atoms with Crippen molar-refractivity contribution in [2.75, 3.05) is 0 Å². The second-order valence-corrected chi connectivity index (χ2v) is 8.20. The molecule has 0 saturated heterocycles. The Balaban J connectivity index is 1.70. The number of hydrogen-bond donors (Lipinski definition) is 2. The van der Waals surface area contributed by atoms with E-state index in [2.05, 4.69) is 55.2 Å². The first-order valence-electron chi connectivity index (χ1n) is 7.99. The van der Waals surface area contributed by atoms with Gasteiger partial charge < -0.3 is 10.3 Å². The summed E-state index contributed by atoms with van der Waals surface area (Å²) in [5, 5.41) is 5.02. The molecule has 3 nitrogen and oxygen atoms in total. The molecule has 21 heavy (non-hydrogen) atoms. The number of aromatic amines is 1. The average Bonchev–Trinajstić information content (AvgIpc) is 2.76. The Kier molecular flexibility index (Phi) is 3.56. The molecule has 0 unspecified atom stereocenters. The van der Waals surface area contributed by atoms with Gasteiger partial charge in [0, 0.05) is 30.4 Å². The lowest BCUT2D eigenvalue weighted by molar-refractivity contribution is 0.0845. The summed E-state index contributed by atoms with van der Waals surface area (Å²) in [6, 6.07) is 4.75. The lowest BCUT2D eigenvalue weighted by Crippen LogP contribution is -2.43. The summed E-state index contributed by atoms with van der Waals surface area (Å²) in [5.41, 5.74) is 3.17. The Morgan fingerprint density at radius 1 is 1.24 bits per heavy atom. The molecule has 0 bridgehead atoms. The van der Waals surface area contributed by atoms with Crippen molar-refractivity contribution in [2.24, 2.45) is 10.8 Å². The summed E-state index contributed by atoms with van der Waals surface area (Å²) in [5.74, 6) is 0. The molecule has 3 heteroatoms. The zero-order valence-electron chi connectivity index (χ0n) is 13.7. The minimum atomic E-state index is 0.432. The summed E-state index contributed by atoms with van der Waals surface area (Å²) >= 11 is 0. The van der Waals surface area contributed by atoms with Crippen LogP contribution in [0.5, 0.6) is 0 Å². The minimum absolute atomic E-state index is 0.432. The van der Waals surface area contributed by atoms with Crippen molar-refractivity contribution in [2.45, 2.75) is 59.5 Å². The van der Waals surface area contributed by atoms with Crippen LogP contribution in [0.25, 0.3) is 11.0 Å². The molecule has 0 radical (unpaired) electrons. The van der Waals surface area contributed by atoms with E-state index in [1.165, 1.54) is 30.2 Å². The fraction of sp³-hybridized carbons (Fsp3) is 0.611. The number of fused-ring (bicyclic) bond motifs is 1. The van der Waals surface area contributed by atoms with E-state index in [1.807, 2.05) is 12.3 Å². The van der Waals surface area contributed by atoms with Gasteiger partial charge in [-0.3, -0.25) is 0 Å². The van der Waals surface area contributed by atoms with Crippen LogP contribution in [0, 0.1) is 10.8 Å². The molecule has 1 fully saturated rings. The number of nitrogens with one attached hydrogen (secondary N) is 2. The van der Waals surface area contributed by atoms with Gasteiger partial charge in [0.25, 0.3) is 0 Å². The van der Waals surface area contributed by atoms with E-state index >= 15 is 0 Å². The largest absolute Gasteiger partial charge is 0.346 e. The summed E-state index contributed by atoms with van der Waals surface area (Å²) < 4.78 is 0. The van der Waals surface area contributed by atoms with E-state index in [9.17, 15) is 0 Å².